The van der Waals surface area contributed by atoms with E-state index in [1.54, 1.807) is 0 Å². The highest BCUT2D eigenvalue weighted by atomic mass is 32.2. The summed E-state index contributed by atoms with van der Waals surface area (Å²) in [5, 5.41) is 3.39. The van der Waals surface area contributed by atoms with Crippen molar-refractivity contribution >= 4 is 11.8 Å². The predicted molar refractivity (Wildman–Crippen MR) is 84.7 cm³/mol. The van der Waals surface area contributed by atoms with Crippen molar-refractivity contribution in [3.8, 4) is 0 Å². The van der Waals surface area contributed by atoms with Gasteiger partial charge in [-0.25, -0.2) is 8.78 Å². The Hall–Kier alpha value is -1.39. The van der Waals surface area contributed by atoms with Crippen LogP contribution in [-0.4, -0.2) is 12.3 Å². The molecule has 0 aliphatic rings. The third-order valence-electron chi connectivity index (χ3n) is 3.23. The Morgan fingerprint density at radius 2 is 1.81 bits per heavy atom. The van der Waals surface area contributed by atoms with E-state index in [4.69, 9.17) is 0 Å². The van der Waals surface area contributed by atoms with Crippen LogP contribution in [0.5, 0.6) is 0 Å². The van der Waals surface area contributed by atoms with E-state index in [0.717, 1.165) is 18.2 Å². The lowest BCUT2D eigenvalue weighted by molar-refractivity contribution is 0.575. The maximum Gasteiger partial charge on any atom is 0.136 e. The van der Waals surface area contributed by atoms with Gasteiger partial charge in [-0.05, 0) is 37.2 Å². The van der Waals surface area contributed by atoms with Crippen molar-refractivity contribution in [2.45, 2.75) is 24.8 Å². The van der Waals surface area contributed by atoms with Gasteiger partial charge in [0, 0.05) is 16.7 Å². The molecule has 0 bridgehead atoms. The van der Waals surface area contributed by atoms with Gasteiger partial charge in [0.25, 0.3) is 0 Å². The topological polar surface area (TPSA) is 12.0 Å². The zero-order valence-corrected chi connectivity index (χ0v) is 13.0. The van der Waals surface area contributed by atoms with Crippen LogP contribution < -0.4 is 5.32 Å². The molecule has 0 heterocycles. The van der Waals surface area contributed by atoms with E-state index in [0.29, 0.717) is 10.6 Å². The number of hydrogen-bond acceptors (Lipinski definition) is 2. The molecule has 0 amide bonds. The van der Waals surface area contributed by atoms with E-state index in [1.165, 1.54) is 29.5 Å². The summed E-state index contributed by atoms with van der Waals surface area (Å²) >= 11 is 1.33. The van der Waals surface area contributed by atoms with Crippen molar-refractivity contribution in [3.63, 3.8) is 0 Å². The van der Waals surface area contributed by atoms with E-state index in [-0.39, 0.29) is 11.9 Å². The van der Waals surface area contributed by atoms with Crippen molar-refractivity contribution in [2.75, 3.05) is 12.3 Å². The molecule has 2 rings (SSSR count). The van der Waals surface area contributed by atoms with Crippen molar-refractivity contribution in [2.24, 2.45) is 0 Å². The first-order valence-electron chi connectivity index (χ1n) is 6.98. The number of rotatable bonds is 6. The van der Waals surface area contributed by atoms with E-state index < -0.39 is 5.82 Å². The summed E-state index contributed by atoms with van der Waals surface area (Å²) in [6.07, 6.45) is 0. The lowest BCUT2D eigenvalue weighted by Crippen LogP contribution is -2.23. The van der Waals surface area contributed by atoms with E-state index in [9.17, 15) is 8.78 Å². The molecule has 0 aliphatic carbocycles. The minimum Gasteiger partial charge on any atom is -0.309 e. The van der Waals surface area contributed by atoms with Gasteiger partial charge in [-0.3, -0.25) is 0 Å². The highest BCUT2D eigenvalue weighted by Gasteiger charge is 2.12. The zero-order valence-electron chi connectivity index (χ0n) is 12.2. The first kappa shape index (κ1) is 16.0. The monoisotopic (exact) mass is 307 g/mol. The summed E-state index contributed by atoms with van der Waals surface area (Å²) in [7, 11) is 0. The second-order valence-electron chi connectivity index (χ2n) is 4.91. The van der Waals surface area contributed by atoms with Crippen molar-refractivity contribution < 1.29 is 8.78 Å². The van der Waals surface area contributed by atoms with Crippen molar-refractivity contribution in [1.82, 2.24) is 5.32 Å². The number of thioether (sulfide) groups is 1. The highest BCUT2D eigenvalue weighted by molar-refractivity contribution is 7.99. The molecule has 0 saturated heterocycles. The SMILES string of the molecule is CCNC(CSc1cc(F)ccc1F)c1ccc(C)cc1. The van der Waals surface area contributed by atoms with Gasteiger partial charge in [-0.2, -0.15) is 0 Å². The van der Waals surface area contributed by atoms with Crippen LogP contribution in [0.2, 0.25) is 0 Å². The molecule has 0 radical (unpaired) electrons. The van der Waals surface area contributed by atoms with Crippen LogP contribution in [0, 0.1) is 18.6 Å². The Morgan fingerprint density at radius 3 is 2.48 bits per heavy atom. The van der Waals surface area contributed by atoms with Crippen LogP contribution in [0.1, 0.15) is 24.1 Å². The lowest BCUT2D eigenvalue weighted by Gasteiger charge is -2.18. The Labute approximate surface area is 128 Å². The molecule has 0 spiro atoms. The first-order valence-corrected chi connectivity index (χ1v) is 7.96. The lowest BCUT2D eigenvalue weighted by atomic mass is 10.1. The minimum absolute atomic E-state index is 0.114. The number of nitrogens with one attached hydrogen (secondary N) is 1. The van der Waals surface area contributed by atoms with Crippen LogP contribution >= 0.6 is 11.8 Å². The van der Waals surface area contributed by atoms with Gasteiger partial charge in [0.15, 0.2) is 0 Å². The fourth-order valence-electron chi connectivity index (χ4n) is 2.08. The molecule has 0 fully saturated rings. The number of hydrogen-bond donors (Lipinski definition) is 1. The molecule has 2 aromatic carbocycles. The molecule has 4 heteroatoms. The fourth-order valence-corrected chi connectivity index (χ4v) is 3.14. The van der Waals surface area contributed by atoms with Crippen molar-refractivity contribution in [1.29, 1.82) is 0 Å². The molecule has 0 saturated carbocycles. The van der Waals surface area contributed by atoms with Gasteiger partial charge < -0.3 is 5.32 Å². The normalized spacial score (nSPS) is 12.4. The first-order chi connectivity index (χ1) is 10.1. The molecule has 21 heavy (non-hydrogen) atoms. The average molecular weight is 307 g/mol. The predicted octanol–water partition coefficient (Wildman–Crippen LogP) is 4.72. The summed E-state index contributed by atoms with van der Waals surface area (Å²) < 4.78 is 26.8. The smallest absolute Gasteiger partial charge is 0.136 e. The zero-order chi connectivity index (χ0) is 15.2. The molecule has 1 unspecified atom stereocenters. The third-order valence-corrected chi connectivity index (χ3v) is 4.35. The van der Waals surface area contributed by atoms with Gasteiger partial charge in [0.1, 0.15) is 11.6 Å². The van der Waals surface area contributed by atoms with Gasteiger partial charge in [-0.1, -0.05) is 36.8 Å². The van der Waals surface area contributed by atoms with Crippen LogP contribution in [-0.2, 0) is 0 Å². The Balaban J connectivity index is 2.09. The summed E-state index contributed by atoms with van der Waals surface area (Å²) in [6.45, 7) is 4.91. The van der Waals surface area contributed by atoms with E-state index in [2.05, 4.69) is 29.6 Å². The van der Waals surface area contributed by atoms with Crippen LogP contribution in [0.15, 0.2) is 47.4 Å². The molecule has 0 aromatic heterocycles. The second kappa shape index (κ2) is 7.57. The van der Waals surface area contributed by atoms with E-state index in [1.807, 2.05) is 13.8 Å². The molecule has 2 aromatic rings. The summed E-state index contributed by atoms with van der Waals surface area (Å²) in [5.74, 6) is -0.133. The Morgan fingerprint density at radius 1 is 1.10 bits per heavy atom. The molecular weight excluding hydrogens is 288 g/mol. The van der Waals surface area contributed by atoms with E-state index >= 15 is 0 Å². The van der Waals surface area contributed by atoms with Crippen LogP contribution in [0.25, 0.3) is 0 Å². The van der Waals surface area contributed by atoms with Gasteiger partial charge >= 0.3 is 0 Å². The number of halogens is 2. The Kier molecular flexibility index (Phi) is 5.76. The number of benzene rings is 2. The molecular formula is C17H19F2NS. The summed E-state index contributed by atoms with van der Waals surface area (Å²) in [5.41, 5.74) is 2.37. The van der Waals surface area contributed by atoms with Gasteiger partial charge in [-0.15, -0.1) is 11.8 Å². The quantitative estimate of drug-likeness (QED) is 0.775. The maximum absolute atomic E-state index is 13.7. The maximum atomic E-state index is 13.7. The van der Waals surface area contributed by atoms with Crippen LogP contribution in [0.3, 0.4) is 0 Å². The molecule has 1 atom stereocenters. The standard InChI is InChI=1S/C17H19F2NS/c1-3-20-16(13-6-4-12(2)5-7-13)11-21-17-10-14(18)8-9-15(17)19/h4-10,16,20H,3,11H2,1-2H3. The fraction of sp³-hybridized carbons (Fsp3) is 0.294. The molecule has 0 aliphatic heterocycles. The average Bonchev–Trinajstić information content (AvgIpc) is 2.48. The molecule has 112 valence electrons. The van der Waals surface area contributed by atoms with Crippen LogP contribution in [0.4, 0.5) is 8.78 Å². The summed E-state index contributed by atoms with van der Waals surface area (Å²) in [6, 6.07) is 11.9. The Bertz CT molecular complexity index is 584. The highest BCUT2D eigenvalue weighted by Crippen LogP contribution is 2.27. The third kappa shape index (κ3) is 4.55. The minimum atomic E-state index is -0.408. The largest absolute Gasteiger partial charge is 0.309 e. The summed E-state index contributed by atoms with van der Waals surface area (Å²) in [4.78, 5) is 0.352. The molecule has 1 nitrogen and oxygen atoms in total. The van der Waals surface area contributed by atoms with Gasteiger partial charge in [0.05, 0.1) is 0 Å². The van der Waals surface area contributed by atoms with Crippen molar-refractivity contribution in [3.05, 3.63) is 65.2 Å². The number of aryl methyl sites for hydroxylation is 1. The second-order valence-corrected chi connectivity index (χ2v) is 5.97. The molecule has 1 N–H and O–H groups in total. The van der Waals surface area contributed by atoms with Gasteiger partial charge in [0.2, 0.25) is 0 Å².